The average Bonchev–Trinajstić information content (AvgIpc) is 2.60. The van der Waals surface area contributed by atoms with Crippen LogP contribution < -0.4 is 5.73 Å². The topological polar surface area (TPSA) is 47.1 Å². The molecule has 3 rings (SSSR count). The van der Waals surface area contributed by atoms with Gasteiger partial charge in [-0.15, -0.1) is 0 Å². The Bertz CT molecular complexity index is 661. The Hall–Kier alpha value is -1.14. The molecule has 0 aliphatic heterocycles. The van der Waals surface area contributed by atoms with Gasteiger partial charge in [0.1, 0.15) is 5.82 Å². The molecule has 1 aromatic carbocycles. The molecule has 1 aliphatic carbocycles. The Morgan fingerprint density at radius 1 is 1.45 bits per heavy atom. The van der Waals surface area contributed by atoms with E-state index in [1.165, 1.54) is 12.5 Å². The van der Waals surface area contributed by atoms with Crippen molar-refractivity contribution in [1.82, 2.24) is 14.5 Å². The minimum Gasteiger partial charge on any atom is -0.369 e. The van der Waals surface area contributed by atoms with Gasteiger partial charge in [-0.05, 0) is 55.4 Å². The van der Waals surface area contributed by atoms with Gasteiger partial charge in [0, 0.05) is 18.2 Å². The fraction of sp³-hybridized carbons (Fsp3) is 0.500. The van der Waals surface area contributed by atoms with Crippen molar-refractivity contribution in [1.29, 1.82) is 0 Å². The van der Waals surface area contributed by atoms with Gasteiger partial charge in [-0.2, -0.15) is 0 Å². The summed E-state index contributed by atoms with van der Waals surface area (Å²) in [5.74, 6) is 0.138. The molecule has 2 aromatic rings. The van der Waals surface area contributed by atoms with Crippen LogP contribution in [-0.2, 0) is 6.54 Å². The number of hydrogen-bond acceptors (Lipinski definition) is 3. The summed E-state index contributed by atoms with van der Waals surface area (Å²) in [4.78, 5) is 6.54. The fourth-order valence-electron chi connectivity index (χ4n) is 2.93. The van der Waals surface area contributed by atoms with E-state index in [-0.39, 0.29) is 11.4 Å². The van der Waals surface area contributed by atoms with Gasteiger partial charge in [-0.1, -0.05) is 0 Å². The fourth-order valence-corrected chi connectivity index (χ4v) is 3.26. The van der Waals surface area contributed by atoms with Crippen molar-refractivity contribution in [3.63, 3.8) is 0 Å². The summed E-state index contributed by atoms with van der Waals surface area (Å²) in [5, 5.41) is 0. The third-order valence-electron chi connectivity index (χ3n) is 4.51. The first-order valence-electron chi connectivity index (χ1n) is 6.71. The largest absolute Gasteiger partial charge is 0.369 e. The molecule has 2 N–H and O–H groups in total. The molecule has 6 heteroatoms. The van der Waals surface area contributed by atoms with Crippen molar-refractivity contribution < 1.29 is 4.39 Å². The van der Waals surface area contributed by atoms with Crippen LogP contribution in [0.25, 0.3) is 11.0 Å². The number of nitrogens with zero attached hydrogens (tertiary/aromatic N) is 3. The van der Waals surface area contributed by atoms with E-state index < -0.39 is 0 Å². The zero-order valence-electron chi connectivity index (χ0n) is 11.7. The Balaban J connectivity index is 2.07. The highest BCUT2D eigenvalue weighted by Crippen LogP contribution is 2.39. The lowest BCUT2D eigenvalue weighted by Crippen LogP contribution is -2.53. The molecule has 1 heterocycles. The second kappa shape index (κ2) is 4.70. The summed E-state index contributed by atoms with van der Waals surface area (Å²) in [7, 11) is 4.20. The molecule has 1 fully saturated rings. The average molecular weight is 341 g/mol. The highest BCUT2D eigenvalue weighted by atomic mass is 79.9. The summed E-state index contributed by atoms with van der Waals surface area (Å²) in [6.45, 7) is 0.792. The quantitative estimate of drug-likeness (QED) is 0.934. The summed E-state index contributed by atoms with van der Waals surface area (Å²) < 4.78 is 16.0. The lowest BCUT2D eigenvalue weighted by molar-refractivity contribution is 0.0440. The van der Waals surface area contributed by atoms with Gasteiger partial charge < -0.3 is 15.2 Å². The van der Waals surface area contributed by atoms with E-state index in [2.05, 4.69) is 39.9 Å². The van der Waals surface area contributed by atoms with Gasteiger partial charge >= 0.3 is 0 Å². The predicted molar refractivity (Wildman–Crippen MR) is 82.1 cm³/mol. The first-order chi connectivity index (χ1) is 9.43. The monoisotopic (exact) mass is 340 g/mol. The van der Waals surface area contributed by atoms with Crippen molar-refractivity contribution in [3.8, 4) is 0 Å². The third-order valence-corrected chi connectivity index (χ3v) is 5.11. The molecule has 20 heavy (non-hydrogen) atoms. The molecule has 0 radical (unpaired) electrons. The minimum atomic E-state index is -0.312. The number of halogens is 2. The van der Waals surface area contributed by atoms with Crippen LogP contribution in [0.3, 0.4) is 0 Å². The molecule has 0 unspecified atom stereocenters. The van der Waals surface area contributed by atoms with Crippen LogP contribution in [0.5, 0.6) is 0 Å². The number of likely N-dealkylation sites (N-methyl/N-ethyl adjacent to an activating group) is 1. The molecule has 108 valence electrons. The highest BCUT2D eigenvalue weighted by Gasteiger charge is 2.40. The van der Waals surface area contributed by atoms with Crippen molar-refractivity contribution in [2.45, 2.75) is 31.3 Å². The Morgan fingerprint density at radius 2 is 2.15 bits per heavy atom. The maximum Gasteiger partial charge on any atom is 0.201 e. The number of aromatic nitrogens is 2. The second-order valence-electron chi connectivity index (χ2n) is 5.78. The number of nitrogen functional groups attached to an aromatic ring is 1. The van der Waals surface area contributed by atoms with Crippen molar-refractivity contribution in [2.75, 3.05) is 19.8 Å². The van der Waals surface area contributed by atoms with Gasteiger partial charge in [0.05, 0.1) is 15.5 Å². The van der Waals surface area contributed by atoms with E-state index in [4.69, 9.17) is 5.73 Å². The van der Waals surface area contributed by atoms with E-state index in [1.807, 2.05) is 4.57 Å². The number of rotatable bonds is 3. The molecule has 4 nitrogen and oxygen atoms in total. The predicted octanol–water partition coefficient (Wildman–Crippen LogP) is 3.00. The summed E-state index contributed by atoms with van der Waals surface area (Å²) in [5.41, 5.74) is 7.66. The number of hydrogen-bond donors (Lipinski definition) is 1. The Labute approximate surface area is 125 Å². The smallest absolute Gasteiger partial charge is 0.201 e. The van der Waals surface area contributed by atoms with Crippen LogP contribution in [-0.4, -0.2) is 34.1 Å². The first kappa shape index (κ1) is 13.8. The number of nitrogens with two attached hydrogens (primary N) is 1. The number of imidazole rings is 1. The van der Waals surface area contributed by atoms with E-state index >= 15 is 0 Å². The van der Waals surface area contributed by atoms with Crippen LogP contribution in [0.2, 0.25) is 0 Å². The maximum atomic E-state index is 13.6. The maximum absolute atomic E-state index is 13.6. The number of fused-ring (bicyclic) bond motifs is 1. The minimum absolute atomic E-state index is 0.141. The van der Waals surface area contributed by atoms with Gasteiger partial charge in [0.2, 0.25) is 5.95 Å². The number of benzene rings is 1. The second-order valence-corrected chi connectivity index (χ2v) is 6.64. The van der Waals surface area contributed by atoms with Gasteiger partial charge in [-0.25, -0.2) is 9.37 Å². The van der Waals surface area contributed by atoms with Crippen LogP contribution in [0.4, 0.5) is 10.3 Å². The zero-order valence-corrected chi connectivity index (χ0v) is 13.2. The van der Waals surface area contributed by atoms with Gasteiger partial charge in [0.15, 0.2) is 0 Å². The van der Waals surface area contributed by atoms with E-state index in [9.17, 15) is 4.39 Å². The normalized spacial score (nSPS) is 17.6. The highest BCUT2D eigenvalue weighted by molar-refractivity contribution is 9.10. The molecule has 0 atom stereocenters. The zero-order chi connectivity index (χ0) is 14.5. The SMILES string of the molecule is CN(C)C1(Cn2c(N)nc3cc(F)c(Br)cc32)CCC1. The van der Waals surface area contributed by atoms with Gasteiger partial charge in [-0.3, -0.25) is 0 Å². The first-order valence-corrected chi connectivity index (χ1v) is 7.50. The molecule has 1 aliphatic rings. The molecule has 1 saturated carbocycles. The molecule has 0 saturated heterocycles. The Morgan fingerprint density at radius 3 is 2.70 bits per heavy atom. The van der Waals surface area contributed by atoms with Crippen LogP contribution >= 0.6 is 15.9 Å². The van der Waals surface area contributed by atoms with E-state index in [0.29, 0.717) is 15.9 Å². The van der Waals surface area contributed by atoms with Gasteiger partial charge in [0.25, 0.3) is 0 Å². The van der Waals surface area contributed by atoms with Crippen molar-refractivity contribution in [2.24, 2.45) is 0 Å². The lowest BCUT2D eigenvalue weighted by Gasteiger charge is -2.47. The standard InChI is InChI=1S/C14H18BrFN4/c1-19(2)14(4-3-5-14)8-20-12-6-9(15)10(16)7-11(12)18-13(20)17/h6-7H,3-5,8H2,1-2H3,(H2,17,18). The Kier molecular flexibility index (Phi) is 3.25. The third kappa shape index (κ3) is 2.02. The molecular formula is C14H18BrFN4. The summed E-state index contributed by atoms with van der Waals surface area (Å²) >= 11 is 3.23. The molecule has 0 amide bonds. The van der Waals surface area contributed by atoms with E-state index in [1.54, 1.807) is 6.07 Å². The number of anilines is 1. The lowest BCUT2D eigenvalue weighted by atomic mass is 9.75. The van der Waals surface area contributed by atoms with Crippen LogP contribution in [0, 0.1) is 5.82 Å². The van der Waals surface area contributed by atoms with Crippen LogP contribution in [0.15, 0.2) is 16.6 Å². The molecule has 0 bridgehead atoms. The summed E-state index contributed by atoms with van der Waals surface area (Å²) in [6.07, 6.45) is 3.55. The van der Waals surface area contributed by atoms with E-state index in [0.717, 1.165) is 24.9 Å². The van der Waals surface area contributed by atoms with Crippen LogP contribution in [0.1, 0.15) is 19.3 Å². The van der Waals surface area contributed by atoms with Crippen molar-refractivity contribution in [3.05, 3.63) is 22.4 Å². The van der Waals surface area contributed by atoms with Crippen molar-refractivity contribution >= 4 is 32.9 Å². The molecule has 1 aromatic heterocycles. The molecular weight excluding hydrogens is 323 g/mol. The molecule has 0 spiro atoms. The summed E-state index contributed by atoms with van der Waals surface area (Å²) in [6, 6.07) is 3.19.